The van der Waals surface area contributed by atoms with Crippen LogP contribution in [0.5, 0.6) is 11.6 Å². The third-order valence-electron chi connectivity index (χ3n) is 1.95. The number of pyridine rings is 2. The van der Waals surface area contributed by atoms with Gasteiger partial charge in [0.15, 0.2) is 0 Å². The van der Waals surface area contributed by atoms with E-state index in [1.165, 1.54) is 18.6 Å². The van der Waals surface area contributed by atoms with Gasteiger partial charge in [-0.25, -0.2) is 4.98 Å². The maximum Gasteiger partial charge on any atom is 0.219 e. The highest BCUT2D eigenvalue weighted by Gasteiger charge is 2.01. The number of nitrogens with zero attached hydrogens (tertiary/aromatic N) is 2. The standard InChI is InChI=1S/C11H9ClN4O/c12-8-3-9(6-15-5-8)17-10-2-1-7(4-16-10)11(13)14/h1-6H,(H3,13,14). The minimum absolute atomic E-state index is 0.0338. The third-order valence-corrected chi connectivity index (χ3v) is 2.16. The van der Waals surface area contributed by atoms with Crippen molar-refractivity contribution in [1.29, 1.82) is 5.41 Å². The highest BCUT2D eigenvalue weighted by molar-refractivity contribution is 6.30. The Hall–Kier alpha value is -2.14. The van der Waals surface area contributed by atoms with Gasteiger partial charge in [0.2, 0.25) is 5.88 Å². The Labute approximate surface area is 103 Å². The van der Waals surface area contributed by atoms with Gasteiger partial charge in [0.05, 0.1) is 11.2 Å². The van der Waals surface area contributed by atoms with Gasteiger partial charge in [-0.2, -0.15) is 0 Å². The van der Waals surface area contributed by atoms with Gasteiger partial charge in [-0.3, -0.25) is 10.4 Å². The molecular formula is C11H9ClN4O. The molecule has 2 heterocycles. The number of rotatable bonds is 3. The average Bonchev–Trinajstić information content (AvgIpc) is 2.29. The van der Waals surface area contributed by atoms with E-state index < -0.39 is 0 Å². The Bertz CT molecular complexity index is 541. The molecule has 0 aliphatic heterocycles. The SMILES string of the molecule is N=C(N)c1ccc(Oc2cncc(Cl)c2)nc1. The molecule has 0 fully saturated rings. The zero-order chi connectivity index (χ0) is 12.3. The summed E-state index contributed by atoms with van der Waals surface area (Å²) in [4.78, 5) is 7.90. The number of ether oxygens (including phenoxy) is 1. The summed E-state index contributed by atoms with van der Waals surface area (Å²) < 4.78 is 5.42. The molecule has 0 bridgehead atoms. The van der Waals surface area contributed by atoms with Crippen molar-refractivity contribution < 1.29 is 4.74 Å². The van der Waals surface area contributed by atoms with Crippen LogP contribution in [-0.2, 0) is 0 Å². The van der Waals surface area contributed by atoms with E-state index in [-0.39, 0.29) is 5.84 Å². The normalized spacial score (nSPS) is 9.94. The highest BCUT2D eigenvalue weighted by Crippen LogP contribution is 2.21. The van der Waals surface area contributed by atoms with Gasteiger partial charge in [0.1, 0.15) is 11.6 Å². The van der Waals surface area contributed by atoms with Crippen molar-refractivity contribution >= 4 is 17.4 Å². The van der Waals surface area contributed by atoms with E-state index in [9.17, 15) is 0 Å². The fourth-order valence-electron chi connectivity index (χ4n) is 1.17. The van der Waals surface area contributed by atoms with E-state index in [4.69, 9.17) is 27.5 Å². The summed E-state index contributed by atoms with van der Waals surface area (Å²) in [6.45, 7) is 0. The quantitative estimate of drug-likeness (QED) is 0.644. The fraction of sp³-hybridized carbons (Fsp3) is 0. The zero-order valence-corrected chi connectivity index (χ0v) is 9.48. The molecule has 6 heteroatoms. The predicted molar refractivity (Wildman–Crippen MR) is 64.6 cm³/mol. The van der Waals surface area contributed by atoms with Gasteiger partial charge >= 0.3 is 0 Å². The van der Waals surface area contributed by atoms with Crippen molar-refractivity contribution in [3.63, 3.8) is 0 Å². The molecule has 0 atom stereocenters. The van der Waals surface area contributed by atoms with Crippen LogP contribution < -0.4 is 10.5 Å². The topological polar surface area (TPSA) is 84.9 Å². The molecule has 2 rings (SSSR count). The van der Waals surface area contributed by atoms with E-state index in [1.807, 2.05) is 0 Å². The Morgan fingerprint density at radius 3 is 2.71 bits per heavy atom. The minimum atomic E-state index is -0.0338. The van der Waals surface area contributed by atoms with E-state index in [0.29, 0.717) is 22.2 Å². The maximum atomic E-state index is 7.22. The average molecular weight is 249 g/mol. The number of nitrogens with one attached hydrogen (secondary N) is 1. The van der Waals surface area contributed by atoms with E-state index in [0.717, 1.165) is 0 Å². The first-order valence-corrected chi connectivity index (χ1v) is 5.12. The number of nitrogen functional groups attached to an aromatic ring is 1. The molecule has 3 N–H and O–H groups in total. The summed E-state index contributed by atoms with van der Waals surface area (Å²) in [5.41, 5.74) is 5.85. The van der Waals surface area contributed by atoms with Crippen LogP contribution in [-0.4, -0.2) is 15.8 Å². The molecule has 2 aromatic rings. The lowest BCUT2D eigenvalue weighted by Crippen LogP contribution is -2.11. The molecule has 0 aliphatic carbocycles. The number of hydrogen-bond donors (Lipinski definition) is 2. The van der Waals surface area contributed by atoms with Gasteiger partial charge in [-0.15, -0.1) is 0 Å². The minimum Gasteiger partial charge on any atom is -0.437 e. The lowest BCUT2D eigenvalue weighted by Gasteiger charge is -2.04. The van der Waals surface area contributed by atoms with Gasteiger partial charge in [-0.1, -0.05) is 11.6 Å². The molecule has 86 valence electrons. The summed E-state index contributed by atoms with van der Waals surface area (Å²) in [6, 6.07) is 4.91. The molecule has 0 aliphatic rings. The highest BCUT2D eigenvalue weighted by atomic mass is 35.5. The van der Waals surface area contributed by atoms with Crippen LogP contribution in [0, 0.1) is 5.41 Å². The lowest BCUT2D eigenvalue weighted by atomic mass is 10.3. The maximum absolute atomic E-state index is 7.22. The van der Waals surface area contributed by atoms with E-state index in [1.54, 1.807) is 18.2 Å². The molecule has 0 saturated carbocycles. The first-order valence-electron chi connectivity index (χ1n) is 4.74. The summed E-state index contributed by atoms with van der Waals surface area (Å²) in [5.74, 6) is 0.855. The Kier molecular flexibility index (Phi) is 3.20. The molecule has 5 nitrogen and oxygen atoms in total. The third kappa shape index (κ3) is 2.92. The molecular weight excluding hydrogens is 240 g/mol. The van der Waals surface area contributed by atoms with Crippen LogP contribution in [0.2, 0.25) is 5.02 Å². The van der Waals surface area contributed by atoms with Crippen LogP contribution in [0.3, 0.4) is 0 Å². The Morgan fingerprint density at radius 1 is 1.29 bits per heavy atom. The first kappa shape index (κ1) is 11.3. The van der Waals surface area contributed by atoms with Gasteiger partial charge in [0, 0.05) is 30.1 Å². The second kappa shape index (κ2) is 4.80. The number of hydrogen-bond acceptors (Lipinski definition) is 4. The fourth-order valence-corrected chi connectivity index (χ4v) is 1.33. The monoisotopic (exact) mass is 248 g/mol. The molecule has 0 aromatic carbocycles. The number of nitrogens with two attached hydrogens (primary N) is 1. The smallest absolute Gasteiger partial charge is 0.219 e. The molecule has 0 saturated heterocycles. The second-order valence-corrected chi connectivity index (χ2v) is 3.68. The van der Waals surface area contributed by atoms with Gasteiger partial charge in [-0.05, 0) is 6.07 Å². The van der Waals surface area contributed by atoms with Crippen molar-refractivity contribution in [3.05, 3.63) is 47.4 Å². The van der Waals surface area contributed by atoms with Crippen molar-refractivity contribution in [1.82, 2.24) is 9.97 Å². The Balaban J connectivity index is 2.16. The van der Waals surface area contributed by atoms with Crippen LogP contribution in [0.4, 0.5) is 0 Å². The van der Waals surface area contributed by atoms with E-state index >= 15 is 0 Å². The lowest BCUT2D eigenvalue weighted by molar-refractivity contribution is 0.461. The number of aromatic nitrogens is 2. The van der Waals surface area contributed by atoms with Crippen LogP contribution in [0.1, 0.15) is 5.56 Å². The van der Waals surface area contributed by atoms with Crippen molar-refractivity contribution in [2.45, 2.75) is 0 Å². The summed E-state index contributed by atoms with van der Waals surface area (Å²) in [5, 5.41) is 7.71. The molecule has 0 spiro atoms. The van der Waals surface area contributed by atoms with Crippen molar-refractivity contribution in [3.8, 4) is 11.6 Å². The van der Waals surface area contributed by atoms with Crippen LogP contribution in [0.25, 0.3) is 0 Å². The predicted octanol–water partition coefficient (Wildman–Crippen LogP) is 2.21. The Morgan fingerprint density at radius 2 is 2.12 bits per heavy atom. The summed E-state index contributed by atoms with van der Waals surface area (Å²) in [7, 11) is 0. The second-order valence-electron chi connectivity index (χ2n) is 3.24. The summed E-state index contributed by atoms with van der Waals surface area (Å²) in [6.07, 6.45) is 4.52. The van der Waals surface area contributed by atoms with Crippen molar-refractivity contribution in [2.24, 2.45) is 5.73 Å². The number of halogens is 1. The zero-order valence-electron chi connectivity index (χ0n) is 8.72. The molecule has 0 amide bonds. The van der Waals surface area contributed by atoms with Gasteiger partial charge < -0.3 is 10.5 Å². The van der Waals surface area contributed by atoms with Crippen LogP contribution >= 0.6 is 11.6 Å². The molecule has 0 radical (unpaired) electrons. The van der Waals surface area contributed by atoms with Gasteiger partial charge in [0.25, 0.3) is 0 Å². The number of amidine groups is 1. The summed E-state index contributed by atoms with van der Waals surface area (Å²) >= 11 is 5.77. The largest absolute Gasteiger partial charge is 0.437 e. The van der Waals surface area contributed by atoms with Crippen molar-refractivity contribution in [2.75, 3.05) is 0 Å². The van der Waals surface area contributed by atoms with Crippen LogP contribution in [0.15, 0.2) is 36.8 Å². The molecule has 2 aromatic heterocycles. The van der Waals surface area contributed by atoms with E-state index in [2.05, 4.69) is 9.97 Å². The molecule has 17 heavy (non-hydrogen) atoms. The molecule has 0 unspecified atom stereocenters. The first-order chi connectivity index (χ1) is 8.15.